The van der Waals surface area contributed by atoms with Gasteiger partial charge in [0.1, 0.15) is 0 Å². The third-order valence-corrected chi connectivity index (χ3v) is 3.40. The molecule has 0 atom stereocenters. The number of hydrogen-bond donors (Lipinski definition) is 0. The third-order valence-electron chi connectivity index (χ3n) is 3.40. The van der Waals surface area contributed by atoms with Crippen LogP contribution >= 0.6 is 0 Å². The minimum Gasteiger partial charge on any atom is -0.314 e. The van der Waals surface area contributed by atoms with Crippen LogP contribution in [0.1, 0.15) is 11.3 Å². The van der Waals surface area contributed by atoms with Crippen LogP contribution in [0.2, 0.25) is 0 Å². The predicted molar refractivity (Wildman–Crippen MR) is 80.7 cm³/mol. The summed E-state index contributed by atoms with van der Waals surface area (Å²) in [5.41, 5.74) is 6.25. The molecule has 0 fully saturated rings. The van der Waals surface area contributed by atoms with Gasteiger partial charge in [-0.3, -0.25) is 0 Å². The lowest BCUT2D eigenvalue weighted by Crippen LogP contribution is -1.98. The first-order valence-electron chi connectivity index (χ1n) is 6.56. The molecule has 3 aromatic rings. The summed E-state index contributed by atoms with van der Waals surface area (Å²) in [6.07, 6.45) is 0. The standard InChI is InChI=1S/C18H17N/c1-14-7-6-8-16(13-14)18-12-11-15(2)19(18)17-9-4-3-5-10-17/h3-13H,1-2H3. The molecule has 0 aliphatic carbocycles. The van der Waals surface area contributed by atoms with E-state index in [0.29, 0.717) is 0 Å². The number of hydrogen-bond acceptors (Lipinski definition) is 0. The normalized spacial score (nSPS) is 10.6. The second-order valence-electron chi connectivity index (χ2n) is 4.90. The Kier molecular flexibility index (Phi) is 2.96. The van der Waals surface area contributed by atoms with Crippen molar-refractivity contribution in [3.05, 3.63) is 78.0 Å². The molecule has 0 saturated carbocycles. The van der Waals surface area contributed by atoms with Crippen molar-refractivity contribution in [3.8, 4) is 16.9 Å². The fourth-order valence-electron chi connectivity index (χ4n) is 2.49. The molecule has 0 saturated heterocycles. The van der Waals surface area contributed by atoms with Crippen molar-refractivity contribution in [2.75, 3.05) is 0 Å². The zero-order chi connectivity index (χ0) is 13.2. The Morgan fingerprint density at radius 2 is 1.53 bits per heavy atom. The van der Waals surface area contributed by atoms with Crippen LogP contribution in [0.4, 0.5) is 0 Å². The molecule has 1 heteroatoms. The van der Waals surface area contributed by atoms with E-state index in [2.05, 4.69) is 85.1 Å². The lowest BCUT2D eigenvalue weighted by Gasteiger charge is -2.12. The molecule has 3 rings (SSSR count). The first kappa shape index (κ1) is 11.8. The first-order valence-corrected chi connectivity index (χ1v) is 6.56. The monoisotopic (exact) mass is 247 g/mol. The van der Waals surface area contributed by atoms with Gasteiger partial charge in [-0.25, -0.2) is 0 Å². The van der Waals surface area contributed by atoms with Gasteiger partial charge in [0.25, 0.3) is 0 Å². The number of nitrogens with zero attached hydrogens (tertiary/aromatic N) is 1. The molecule has 1 aromatic heterocycles. The van der Waals surface area contributed by atoms with E-state index < -0.39 is 0 Å². The molecule has 1 nitrogen and oxygen atoms in total. The molecule has 0 aliphatic rings. The zero-order valence-corrected chi connectivity index (χ0v) is 11.3. The van der Waals surface area contributed by atoms with Crippen LogP contribution in [-0.4, -0.2) is 4.57 Å². The van der Waals surface area contributed by atoms with Crippen LogP contribution in [-0.2, 0) is 0 Å². The molecular weight excluding hydrogens is 230 g/mol. The average molecular weight is 247 g/mol. The molecule has 0 unspecified atom stereocenters. The van der Waals surface area contributed by atoms with Gasteiger partial charge < -0.3 is 4.57 Å². The van der Waals surface area contributed by atoms with Gasteiger partial charge in [-0.1, -0.05) is 42.0 Å². The van der Waals surface area contributed by atoms with Crippen molar-refractivity contribution in [1.82, 2.24) is 4.57 Å². The first-order chi connectivity index (χ1) is 9.25. The number of rotatable bonds is 2. The maximum atomic E-state index is 2.30. The smallest absolute Gasteiger partial charge is 0.0531 e. The van der Waals surface area contributed by atoms with Crippen molar-refractivity contribution >= 4 is 0 Å². The molecule has 94 valence electrons. The maximum absolute atomic E-state index is 2.30. The van der Waals surface area contributed by atoms with E-state index in [0.717, 1.165) is 0 Å². The van der Waals surface area contributed by atoms with Crippen LogP contribution in [0.5, 0.6) is 0 Å². The van der Waals surface area contributed by atoms with E-state index in [1.54, 1.807) is 0 Å². The van der Waals surface area contributed by atoms with Crippen molar-refractivity contribution in [3.63, 3.8) is 0 Å². The van der Waals surface area contributed by atoms with Crippen LogP contribution in [0, 0.1) is 13.8 Å². The molecule has 2 aromatic carbocycles. The van der Waals surface area contributed by atoms with Gasteiger partial charge in [-0.15, -0.1) is 0 Å². The molecule has 0 radical (unpaired) electrons. The summed E-state index contributed by atoms with van der Waals surface area (Å²) in [5, 5.41) is 0. The van der Waals surface area contributed by atoms with Crippen molar-refractivity contribution in [1.29, 1.82) is 0 Å². The van der Waals surface area contributed by atoms with Gasteiger partial charge in [0, 0.05) is 11.4 Å². The van der Waals surface area contributed by atoms with Crippen molar-refractivity contribution < 1.29 is 0 Å². The number of aromatic nitrogens is 1. The van der Waals surface area contributed by atoms with Gasteiger partial charge in [-0.05, 0) is 49.7 Å². The molecule has 0 spiro atoms. The Balaban J connectivity index is 2.19. The molecule has 0 N–H and O–H groups in total. The van der Waals surface area contributed by atoms with Crippen molar-refractivity contribution in [2.45, 2.75) is 13.8 Å². The SMILES string of the molecule is Cc1cccc(-c2ccc(C)n2-c2ccccc2)c1. The minimum absolute atomic E-state index is 1.21. The predicted octanol–water partition coefficient (Wildman–Crippen LogP) is 4.76. The summed E-state index contributed by atoms with van der Waals surface area (Å²) in [5.74, 6) is 0. The van der Waals surface area contributed by atoms with Crippen molar-refractivity contribution in [2.24, 2.45) is 0 Å². The highest BCUT2D eigenvalue weighted by molar-refractivity contribution is 5.64. The molecule has 0 amide bonds. The van der Waals surface area contributed by atoms with Gasteiger partial charge in [0.2, 0.25) is 0 Å². The number of benzene rings is 2. The van der Waals surface area contributed by atoms with E-state index in [9.17, 15) is 0 Å². The minimum atomic E-state index is 1.21. The van der Waals surface area contributed by atoms with Crippen LogP contribution in [0.25, 0.3) is 16.9 Å². The van der Waals surface area contributed by atoms with Gasteiger partial charge in [0.15, 0.2) is 0 Å². The summed E-state index contributed by atoms with van der Waals surface area (Å²) >= 11 is 0. The highest BCUT2D eigenvalue weighted by Gasteiger charge is 2.08. The highest BCUT2D eigenvalue weighted by atomic mass is 15.0. The Morgan fingerprint density at radius 1 is 0.737 bits per heavy atom. The number of aryl methyl sites for hydroxylation is 2. The Labute approximate surface area is 114 Å². The van der Waals surface area contributed by atoms with E-state index in [1.807, 2.05) is 0 Å². The molecule has 0 aliphatic heterocycles. The fraction of sp³-hybridized carbons (Fsp3) is 0.111. The Bertz CT molecular complexity index is 693. The summed E-state index contributed by atoms with van der Waals surface area (Å²) in [6, 6.07) is 23.5. The quantitative estimate of drug-likeness (QED) is 0.615. The molecule has 19 heavy (non-hydrogen) atoms. The molecule has 1 heterocycles. The largest absolute Gasteiger partial charge is 0.314 e. The lowest BCUT2D eigenvalue weighted by atomic mass is 10.1. The summed E-state index contributed by atoms with van der Waals surface area (Å²) in [7, 11) is 0. The second-order valence-corrected chi connectivity index (χ2v) is 4.90. The zero-order valence-electron chi connectivity index (χ0n) is 11.3. The van der Waals surface area contributed by atoms with Gasteiger partial charge in [0.05, 0.1) is 5.69 Å². The third kappa shape index (κ3) is 2.19. The maximum Gasteiger partial charge on any atom is 0.0531 e. The van der Waals surface area contributed by atoms with Crippen LogP contribution < -0.4 is 0 Å². The van der Waals surface area contributed by atoms with Crippen LogP contribution in [0.3, 0.4) is 0 Å². The topological polar surface area (TPSA) is 4.93 Å². The second kappa shape index (κ2) is 4.77. The fourth-order valence-corrected chi connectivity index (χ4v) is 2.49. The summed E-state index contributed by atoms with van der Waals surface area (Å²) < 4.78 is 2.30. The van der Waals surface area contributed by atoms with E-state index >= 15 is 0 Å². The Morgan fingerprint density at radius 3 is 2.26 bits per heavy atom. The Hall–Kier alpha value is -2.28. The molecular formula is C18H17N. The van der Waals surface area contributed by atoms with E-state index in [-0.39, 0.29) is 0 Å². The van der Waals surface area contributed by atoms with E-state index in [1.165, 1.54) is 28.2 Å². The average Bonchev–Trinajstić information content (AvgIpc) is 2.82. The number of para-hydroxylation sites is 1. The summed E-state index contributed by atoms with van der Waals surface area (Å²) in [6.45, 7) is 4.28. The summed E-state index contributed by atoms with van der Waals surface area (Å²) in [4.78, 5) is 0. The molecule has 0 bridgehead atoms. The van der Waals surface area contributed by atoms with Gasteiger partial charge in [-0.2, -0.15) is 0 Å². The highest BCUT2D eigenvalue weighted by Crippen LogP contribution is 2.26. The van der Waals surface area contributed by atoms with Crippen LogP contribution in [0.15, 0.2) is 66.7 Å². The lowest BCUT2D eigenvalue weighted by molar-refractivity contribution is 1.02. The van der Waals surface area contributed by atoms with Gasteiger partial charge >= 0.3 is 0 Å². The van der Waals surface area contributed by atoms with E-state index in [4.69, 9.17) is 0 Å².